The quantitative estimate of drug-likeness (QED) is 0.828. The van der Waals surface area contributed by atoms with Crippen LogP contribution >= 0.6 is 11.6 Å². The Hall–Kier alpha value is -2.40. The van der Waals surface area contributed by atoms with Gasteiger partial charge >= 0.3 is 5.97 Å². The molecular weight excluding hydrogens is 294 g/mol. The van der Waals surface area contributed by atoms with Crippen LogP contribution in [0.4, 0.5) is 0 Å². The predicted molar refractivity (Wildman–Crippen MR) is 77.5 cm³/mol. The summed E-state index contributed by atoms with van der Waals surface area (Å²) in [5.41, 5.74) is 1.13. The molecule has 1 aromatic heterocycles. The molecular formula is C15H12ClNO4. The SMILES string of the molecule is O=C(O)CCC(=O)c1ncc(-c2ccccc2Cl)cc1O. The van der Waals surface area contributed by atoms with Gasteiger partial charge in [-0.15, -0.1) is 0 Å². The van der Waals surface area contributed by atoms with Gasteiger partial charge in [0.25, 0.3) is 0 Å². The van der Waals surface area contributed by atoms with E-state index in [-0.39, 0.29) is 24.3 Å². The van der Waals surface area contributed by atoms with Crippen molar-refractivity contribution in [3.63, 3.8) is 0 Å². The predicted octanol–water partition coefficient (Wildman–Crippen LogP) is 3.16. The van der Waals surface area contributed by atoms with Gasteiger partial charge in [-0.1, -0.05) is 29.8 Å². The van der Waals surface area contributed by atoms with Crippen LogP contribution in [-0.2, 0) is 4.79 Å². The minimum atomic E-state index is -1.07. The third-order valence-electron chi connectivity index (χ3n) is 2.88. The molecule has 0 saturated heterocycles. The summed E-state index contributed by atoms with van der Waals surface area (Å²) in [5, 5.41) is 19.0. The van der Waals surface area contributed by atoms with Gasteiger partial charge < -0.3 is 10.2 Å². The van der Waals surface area contributed by atoms with Crippen LogP contribution in [0.2, 0.25) is 5.02 Å². The van der Waals surface area contributed by atoms with Crippen LogP contribution in [0.3, 0.4) is 0 Å². The Morgan fingerprint density at radius 3 is 2.52 bits per heavy atom. The lowest BCUT2D eigenvalue weighted by molar-refractivity contribution is -0.136. The minimum Gasteiger partial charge on any atom is -0.506 e. The molecule has 2 N–H and O–H groups in total. The summed E-state index contributed by atoms with van der Waals surface area (Å²) >= 11 is 6.06. The van der Waals surface area contributed by atoms with Gasteiger partial charge in [0.15, 0.2) is 5.78 Å². The van der Waals surface area contributed by atoms with Crippen LogP contribution in [-0.4, -0.2) is 26.9 Å². The van der Waals surface area contributed by atoms with Crippen molar-refractivity contribution in [1.82, 2.24) is 4.98 Å². The molecule has 2 aromatic rings. The highest BCUT2D eigenvalue weighted by atomic mass is 35.5. The van der Waals surface area contributed by atoms with Crippen LogP contribution in [0.25, 0.3) is 11.1 Å². The first-order valence-corrected chi connectivity index (χ1v) is 6.55. The Balaban J connectivity index is 2.28. The van der Waals surface area contributed by atoms with Gasteiger partial charge in [-0.3, -0.25) is 9.59 Å². The first kappa shape index (κ1) is 15.0. The number of ketones is 1. The monoisotopic (exact) mass is 305 g/mol. The summed E-state index contributed by atoms with van der Waals surface area (Å²) in [6.07, 6.45) is 0.919. The van der Waals surface area contributed by atoms with E-state index in [1.165, 1.54) is 12.3 Å². The van der Waals surface area contributed by atoms with Gasteiger partial charge in [-0.05, 0) is 12.1 Å². The largest absolute Gasteiger partial charge is 0.506 e. The van der Waals surface area contributed by atoms with E-state index in [1.807, 2.05) is 0 Å². The number of benzene rings is 1. The molecule has 0 aliphatic carbocycles. The van der Waals surface area contributed by atoms with Gasteiger partial charge in [-0.25, -0.2) is 4.98 Å². The van der Waals surface area contributed by atoms with Gasteiger partial charge in [-0.2, -0.15) is 0 Å². The number of halogens is 1. The van der Waals surface area contributed by atoms with Crippen LogP contribution in [0.1, 0.15) is 23.3 Å². The first-order chi connectivity index (χ1) is 9.99. The lowest BCUT2D eigenvalue weighted by atomic mass is 10.1. The van der Waals surface area contributed by atoms with Crippen molar-refractivity contribution in [3.8, 4) is 16.9 Å². The Kier molecular flexibility index (Phi) is 4.55. The molecule has 0 bridgehead atoms. The van der Waals surface area contributed by atoms with Crippen molar-refractivity contribution in [2.75, 3.05) is 0 Å². The van der Waals surface area contributed by atoms with Gasteiger partial charge in [0, 0.05) is 28.8 Å². The number of pyridine rings is 1. The number of hydrogen-bond donors (Lipinski definition) is 2. The fraction of sp³-hybridized carbons (Fsp3) is 0.133. The maximum absolute atomic E-state index is 11.8. The fourth-order valence-electron chi connectivity index (χ4n) is 1.85. The smallest absolute Gasteiger partial charge is 0.303 e. The standard InChI is InChI=1S/C15H12ClNO4/c16-11-4-2-1-3-10(11)9-7-13(19)15(17-8-9)12(18)5-6-14(20)21/h1-4,7-8,19H,5-6H2,(H,20,21). The molecule has 0 fully saturated rings. The van der Waals surface area contributed by atoms with Gasteiger partial charge in [0.2, 0.25) is 0 Å². The number of rotatable bonds is 5. The average molecular weight is 306 g/mol. The first-order valence-electron chi connectivity index (χ1n) is 6.18. The summed E-state index contributed by atoms with van der Waals surface area (Å²) in [4.78, 5) is 26.1. The molecule has 0 unspecified atom stereocenters. The topological polar surface area (TPSA) is 87.5 Å². The molecule has 0 radical (unpaired) electrons. The highest BCUT2D eigenvalue weighted by Gasteiger charge is 2.16. The van der Waals surface area contributed by atoms with E-state index < -0.39 is 11.8 Å². The average Bonchev–Trinajstić information content (AvgIpc) is 2.45. The van der Waals surface area contributed by atoms with E-state index in [2.05, 4.69) is 4.98 Å². The van der Waals surface area contributed by atoms with Gasteiger partial charge in [0.05, 0.1) is 6.42 Å². The number of carbonyl (C=O) groups is 2. The van der Waals surface area contributed by atoms with Crippen LogP contribution in [0.15, 0.2) is 36.5 Å². The highest BCUT2D eigenvalue weighted by Crippen LogP contribution is 2.30. The molecule has 2 rings (SSSR count). The molecule has 1 aromatic carbocycles. The molecule has 5 nitrogen and oxygen atoms in total. The molecule has 108 valence electrons. The van der Waals surface area contributed by atoms with E-state index in [4.69, 9.17) is 16.7 Å². The Morgan fingerprint density at radius 1 is 1.19 bits per heavy atom. The van der Waals surface area contributed by atoms with Crippen LogP contribution in [0.5, 0.6) is 5.75 Å². The molecule has 0 amide bonds. The number of aromatic hydroxyl groups is 1. The molecule has 21 heavy (non-hydrogen) atoms. The number of carbonyl (C=O) groups excluding carboxylic acids is 1. The number of hydrogen-bond acceptors (Lipinski definition) is 4. The number of aliphatic carboxylic acids is 1. The van der Waals surface area contributed by atoms with E-state index in [9.17, 15) is 14.7 Å². The second-order valence-electron chi connectivity index (χ2n) is 4.39. The van der Waals surface area contributed by atoms with E-state index >= 15 is 0 Å². The van der Waals surface area contributed by atoms with Crippen molar-refractivity contribution in [2.45, 2.75) is 12.8 Å². The van der Waals surface area contributed by atoms with Crippen LogP contribution < -0.4 is 0 Å². The maximum Gasteiger partial charge on any atom is 0.303 e. The third kappa shape index (κ3) is 3.58. The molecule has 1 heterocycles. The van der Waals surface area contributed by atoms with Crippen LogP contribution in [0, 0.1) is 0 Å². The fourth-order valence-corrected chi connectivity index (χ4v) is 2.09. The molecule has 0 aliphatic heterocycles. The summed E-state index contributed by atoms with van der Waals surface area (Å²) < 4.78 is 0. The summed E-state index contributed by atoms with van der Waals surface area (Å²) in [5.74, 6) is -1.88. The lowest BCUT2D eigenvalue weighted by Crippen LogP contribution is -2.06. The minimum absolute atomic E-state index is 0.132. The summed E-state index contributed by atoms with van der Waals surface area (Å²) in [7, 11) is 0. The number of aromatic nitrogens is 1. The Bertz CT molecular complexity index is 700. The Labute approximate surface area is 125 Å². The zero-order valence-electron chi connectivity index (χ0n) is 10.9. The highest BCUT2D eigenvalue weighted by molar-refractivity contribution is 6.33. The summed E-state index contributed by atoms with van der Waals surface area (Å²) in [6, 6.07) is 8.44. The molecule has 0 aliphatic rings. The van der Waals surface area contributed by atoms with E-state index in [0.29, 0.717) is 16.1 Å². The Morgan fingerprint density at radius 2 is 1.90 bits per heavy atom. The zero-order valence-corrected chi connectivity index (χ0v) is 11.7. The lowest BCUT2D eigenvalue weighted by Gasteiger charge is -2.07. The zero-order chi connectivity index (χ0) is 15.4. The molecule has 0 saturated carbocycles. The number of Topliss-reactive ketones (excluding diaryl/α,β-unsaturated/α-hetero) is 1. The molecule has 0 spiro atoms. The maximum atomic E-state index is 11.8. The second kappa shape index (κ2) is 6.37. The third-order valence-corrected chi connectivity index (χ3v) is 3.21. The number of carboxylic acids is 1. The van der Waals surface area contributed by atoms with Crippen molar-refractivity contribution in [3.05, 3.63) is 47.2 Å². The van der Waals surface area contributed by atoms with Crippen molar-refractivity contribution >= 4 is 23.4 Å². The summed E-state index contributed by atoms with van der Waals surface area (Å²) in [6.45, 7) is 0. The van der Waals surface area contributed by atoms with Crippen molar-refractivity contribution in [2.24, 2.45) is 0 Å². The molecule has 0 atom stereocenters. The van der Waals surface area contributed by atoms with E-state index in [0.717, 1.165) is 0 Å². The van der Waals surface area contributed by atoms with Crippen molar-refractivity contribution in [1.29, 1.82) is 0 Å². The second-order valence-corrected chi connectivity index (χ2v) is 4.80. The normalized spacial score (nSPS) is 10.3. The van der Waals surface area contributed by atoms with Gasteiger partial charge in [0.1, 0.15) is 11.4 Å². The van der Waals surface area contributed by atoms with E-state index in [1.54, 1.807) is 24.3 Å². The number of carboxylic acid groups (broad SMARTS) is 1. The van der Waals surface area contributed by atoms with Crippen molar-refractivity contribution < 1.29 is 19.8 Å². The number of nitrogens with zero attached hydrogens (tertiary/aromatic N) is 1. The molecule has 6 heteroatoms.